The van der Waals surface area contributed by atoms with E-state index in [2.05, 4.69) is 24.1 Å². The van der Waals surface area contributed by atoms with Gasteiger partial charge in [-0.05, 0) is 25.0 Å². The third-order valence-corrected chi connectivity index (χ3v) is 4.74. The summed E-state index contributed by atoms with van der Waals surface area (Å²) in [6.07, 6.45) is 0.299. The zero-order chi connectivity index (χ0) is 18.1. The molecule has 6 heteroatoms. The fourth-order valence-electron chi connectivity index (χ4n) is 3.51. The van der Waals surface area contributed by atoms with Crippen molar-refractivity contribution < 1.29 is 9.59 Å². The van der Waals surface area contributed by atoms with Crippen molar-refractivity contribution in [3.8, 4) is 0 Å². The van der Waals surface area contributed by atoms with Crippen LogP contribution in [0.1, 0.15) is 39.1 Å². The lowest BCUT2D eigenvalue weighted by Gasteiger charge is -2.19. The van der Waals surface area contributed by atoms with E-state index in [1.165, 1.54) is 0 Å². The Hall–Kier alpha value is -2.37. The molecule has 1 aliphatic heterocycles. The first-order valence-corrected chi connectivity index (χ1v) is 8.86. The lowest BCUT2D eigenvalue weighted by molar-refractivity contribution is -0.129. The summed E-state index contributed by atoms with van der Waals surface area (Å²) in [5.41, 5.74) is 1.96. The Balaban J connectivity index is 1.68. The molecule has 3 rings (SSSR count). The van der Waals surface area contributed by atoms with Crippen LogP contribution in [0, 0.1) is 11.8 Å². The van der Waals surface area contributed by atoms with Gasteiger partial charge in [-0.15, -0.1) is 0 Å². The van der Waals surface area contributed by atoms with E-state index in [4.69, 9.17) is 0 Å². The molecule has 25 heavy (non-hydrogen) atoms. The van der Waals surface area contributed by atoms with Gasteiger partial charge in [0.25, 0.3) is 0 Å². The van der Waals surface area contributed by atoms with Crippen LogP contribution < -0.4 is 5.32 Å². The minimum atomic E-state index is -0.275. The van der Waals surface area contributed by atoms with Gasteiger partial charge in [0.05, 0.1) is 23.0 Å². The van der Waals surface area contributed by atoms with E-state index >= 15 is 0 Å². The molecule has 2 amide bonds. The fraction of sp³-hybridized carbons (Fsp3) is 0.526. The summed E-state index contributed by atoms with van der Waals surface area (Å²) in [6, 6.07) is 7.70. The zero-order valence-electron chi connectivity index (χ0n) is 15.3. The number of imidazole rings is 1. The van der Waals surface area contributed by atoms with Crippen molar-refractivity contribution in [1.29, 1.82) is 0 Å². The molecule has 6 nitrogen and oxygen atoms in total. The number of amides is 2. The number of rotatable bonds is 5. The first-order chi connectivity index (χ1) is 11.9. The summed E-state index contributed by atoms with van der Waals surface area (Å²) in [5, 5.41) is 3.03. The van der Waals surface area contributed by atoms with E-state index in [0.717, 1.165) is 16.9 Å². The van der Waals surface area contributed by atoms with Gasteiger partial charge in [-0.1, -0.05) is 26.0 Å². The predicted octanol–water partition coefficient (Wildman–Crippen LogP) is 2.25. The topological polar surface area (TPSA) is 67.2 Å². The molecule has 1 unspecified atom stereocenters. The molecule has 1 aliphatic rings. The number of aromatic nitrogens is 2. The number of nitrogens with one attached hydrogen (secondary N) is 1. The van der Waals surface area contributed by atoms with E-state index in [1.807, 2.05) is 42.8 Å². The highest BCUT2D eigenvalue weighted by Crippen LogP contribution is 2.22. The number of carbonyl (C=O) groups excluding carboxylic acids is 2. The Morgan fingerprint density at radius 1 is 1.32 bits per heavy atom. The van der Waals surface area contributed by atoms with E-state index in [-0.39, 0.29) is 23.8 Å². The highest BCUT2D eigenvalue weighted by molar-refractivity contribution is 5.89. The Labute approximate surface area is 148 Å². The van der Waals surface area contributed by atoms with Gasteiger partial charge in [0, 0.05) is 26.6 Å². The van der Waals surface area contributed by atoms with Crippen LogP contribution in [0.4, 0.5) is 0 Å². The minimum Gasteiger partial charge on any atom is -0.346 e. The Morgan fingerprint density at radius 2 is 2.04 bits per heavy atom. The van der Waals surface area contributed by atoms with Crippen LogP contribution in [0.5, 0.6) is 0 Å². The van der Waals surface area contributed by atoms with Gasteiger partial charge < -0.3 is 14.8 Å². The molecular formula is C19H26N4O2. The highest BCUT2D eigenvalue weighted by atomic mass is 16.2. The van der Waals surface area contributed by atoms with Gasteiger partial charge in [-0.2, -0.15) is 0 Å². The van der Waals surface area contributed by atoms with Crippen molar-refractivity contribution >= 4 is 22.8 Å². The third-order valence-electron chi connectivity index (χ3n) is 4.74. The molecule has 134 valence electrons. The summed E-state index contributed by atoms with van der Waals surface area (Å²) >= 11 is 0. The van der Waals surface area contributed by atoms with E-state index in [1.54, 1.807) is 4.90 Å². The molecule has 1 fully saturated rings. The minimum absolute atomic E-state index is 0.0702. The largest absolute Gasteiger partial charge is 0.346 e. The van der Waals surface area contributed by atoms with Crippen molar-refractivity contribution in [3.63, 3.8) is 0 Å². The molecular weight excluding hydrogens is 316 g/mol. The second-order valence-electron chi connectivity index (χ2n) is 7.34. The highest BCUT2D eigenvalue weighted by Gasteiger charge is 2.35. The van der Waals surface area contributed by atoms with Gasteiger partial charge in [0.15, 0.2) is 0 Å². The number of nitrogens with zero attached hydrogens (tertiary/aromatic N) is 3. The average molecular weight is 342 g/mol. The van der Waals surface area contributed by atoms with Crippen molar-refractivity contribution in [2.75, 3.05) is 13.1 Å². The monoisotopic (exact) mass is 342 g/mol. The summed E-state index contributed by atoms with van der Waals surface area (Å²) in [6.45, 7) is 7.31. The van der Waals surface area contributed by atoms with Gasteiger partial charge >= 0.3 is 0 Å². The van der Waals surface area contributed by atoms with Crippen LogP contribution in [0.3, 0.4) is 0 Å². The van der Waals surface area contributed by atoms with Crippen LogP contribution >= 0.6 is 0 Å². The molecule has 0 bridgehead atoms. The van der Waals surface area contributed by atoms with Gasteiger partial charge in [0.2, 0.25) is 11.8 Å². The number of benzene rings is 1. The first kappa shape index (κ1) is 17.5. The Kier molecular flexibility index (Phi) is 4.79. The van der Waals surface area contributed by atoms with E-state index in [0.29, 0.717) is 25.4 Å². The molecule has 0 radical (unpaired) electrons. The molecule has 1 aromatic carbocycles. The molecule has 2 atom stereocenters. The molecule has 0 saturated carbocycles. The number of likely N-dealkylation sites (tertiary alicyclic amines) is 1. The van der Waals surface area contributed by atoms with Crippen LogP contribution in [-0.4, -0.2) is 39.4 Å². The molecule has 1 saturated heterocycles. The maximum Gasteiger partial charge on any atom is 0.226 e. The lowest BCUT2D eigenvalue weighted by atomic mass is 10.1. The third kappa shape index (κ3) is 3.52. The molecule has 2 aromatic rings. The van der Waals surface area contributed by atoms with Crippen LogP contribution in [0.15, 0.2) is 24.3 Å². The maximum absolute atomic E-state index is 12.6. The SMILES string of the molecule is CC(C)CN1CC(C(=O)N[C@@H](C)c2nc3ccccc3n2C)CC1=O. The summed E-state index contributed by atoms with van der Waals surface area (Å²) < 4.78 is 2.01. The number of carbonyl (C=O) groups is 2. The molecule has 0 aliphatic carbocycles. The Morgan fingerprint density at radius 3 is 2.72 bits per heavy atom. The zero-order valence-corrected chi connectivity index (χ0v) is 15.3. The number of hydrogen-bond acceptors (Lipinski definition) is 3. The molecule has 2 heterocycles. The molecule has 1 aromatic heterocycles. The maximum atomic E-state index is 12.6. The number of hydrogen-bond donors (Lipinski definition) is 1. The van der Waals surface area contributed by atoms with Crippen molar-refractivity contribution in [1.82, 2.24) is 19.8 Å². The summed E-state index contributed by atoms with van der Waals surface area (Å²) in [5.74, 6) is 0.953. The standard InChI is InChI=1S/C19H26N4O2/c1-12(2)10-23-11-14(9-17(23)24)19(25)20-13(3)18-21-15-7-5-6-8-16(15)22(18)4/h5-8,12-14H,9-11H2,1-4H3,(H,20,25)/t13-,14?/m0/s1. The van der Waals surface area contributed by atoms with E-state index < -0.39 is 0 Å². The van der Waals surface area contributed by atoms with Crippen LogP contribution in [-0.2, 0) is 16.6 Å². The smallest absolute Gasteiger partial charge is 0.226 e. The predicted molar refractivity (Wildman–Crippen MR) is 96.8 cm³/mol. The average Bonchev–Trinajstić information content (AvgIpc) is 3.08. The number of para-hydroxylation sites is 2. The van der Waals surface area contributed by atoms with Crippen molar-refractivity contribution in [2.24, 2.45) is 18.9 Å². The van der Waals surface area contributed by atoms with Crippen molar-refractivity contribution in [3.05, 3.63) is 30.1 Å². The second kappa shape index (κ2) is 6.86. The second-order valence-corrected chi connectivity index (χ2v) is 7.34. The van der Waals surface area contributed by atoms with E-state index in [9.17, 15) is 9.59 Å². The lowest BCUT2D eigenvalue weighted by Crippen LogP contribution is -2.36. The van der Waals surface area contributed by atoms with Crippen LogP contribution in [0.25, 0.3) is 11.0 Å². The van der Waals surface area contributed by atoms with Gasteiger partial charge in [-0.3, -0.25) is 9.59 Å². The summed E-state index contributed by atoms with van der Waals surface area (Å²) in [7, 11) is 1.96. The number of fused-ring (bicyclic) bond motifs is 1. The van der Waals surface area contributed by atoms with Gasteiger partial charge in [0.1, 0.15) is 5.82 Å². The van der Waals surface area contributed by atoms with Gasteiger partial charge in [-0.25, -0.2) is 4.98 Å². The normalized spacial score (nSPS) is 19.0. The summed E-state index contributed by atoms with van der Waals surface area (Å²) in [4.78, 5) is 31.1. The molecule has 0 spiro atoms. The van der Waals surface area contributed by atoms with Crippen molar-refractivity contribution in [2.45, 2.75) is 33.2 Å². The quantitative estimate of drug-likeness (QED) is 0.906. The fourth-order valence-corrected chi connectivity index (χ4v) is 3.51. The first-order valence-electron chi connectivity index (χ1n) is 8.86. The molecule has 1 N–H and O–H groups in total. The Bertz CT molecular complexity index is 796. The van der Waals surface area contributed by atoms with Crippen LogP contribution in [0.2, 0.25) is 0 Å². The number of aryl methyl sites for hydroxylation is 1.